The summed E-state index contributed by atoms with van der Waals surface area (Å²) in [6.45, 7) is 4.93. The molecule has 0 spiro atoms. The normalized spacial score (nSPS) is 13.2. The smallest absolute Gasteiger partial charge is 0.225 e. The second-order valence-electron chi connectivity index (χ2n) is 8.90. The number of benzene rings is 2. The largest absolute Gasteiger partial charge is 0.354 e. The summed E-state index contributed by atoms with van der Waals surface area (Å²) >= 11 is 0. The zero-order valence-electron chi connectivity index (χ0n) is 20.7. The van der Waals surface area contributed by atoms with Crippen LogP contribution in [-0.2, 0) is 30.8 Å². The topological polar surface area (TPSA) is 117 Å². The van der Waals surface area contributed by atoms with Crippen LogP contribution in [0.15, 0.2) is 55.0 Å². The summed E-state index contributed by atoms with van der Waals surface area (Å²) in [5.41, 5.74) is 17.7. The standard InChI is InChI=1S/C27H32N8O/c1-18-21(7-4-8-22(18)20-6-3-5-19(13-20)14-28)15-29-27-30-16-25(34-36-2)26(33-27)35-11-9-23-24(10-12-35)32-17-31-23/h3-8,13,16-17,34H,9-12,14-15,28H2,1-2H3,(H,31,32)(H,29,30,33). The van der Waals surface area contributed by atoms with Crippen molar-refractivity contribution in [2.24, 2.45) is 5.73 Å². The van der Waals surface area contributed by atoms with Gasteiger partial charge in [-0.1, -0.05) is 36.4 Å². The molecule has 0 aliphatic carbocycles. The van der Waals surface area contributed by atoms with Gasteiger partial charge in [0, 0.05) is 44.7 Å². The molecule has 0 radical (unpaired) electrons. The summed E-state index contributed by atoms with van der Waals surface area (Å²) < 4.78 is 0. The van der Waals surface area contributed by atoms with Crippen LogP contribution in [0.1, 0.15) is 28.1 Å². The highest BCUT2D eigenvalue weighted by Gasteiger charge is 2.20. The Morgan fingerprint density at radius 3 is 2.83 bits per heavy atom. The number of imidazole rings is 1. The lowest BCUT2D eigenvalue weighted by atomic mass is 9.95. The molecule has 36 heavy (non-hydrogen) atoms. The van der Waals surface area contributed by atoms with Crippen molar-refractivity contribution in [3.8, 4) is 11.1 Å². The fourth-order valence-corrected chi connectivity index (χ4v) is 4.70. The molecule has 2 aromatic carbocycles. The van der Waals surface area contributed by atoms with Gasteiger partial charge in [0.25, 0.3) is 0 Å². The molecule has 1 aliphatic rings. The maximum atomic E-state index is 5.85. The number of nitrogens with zero attached hydrogens (tertiary/aromatic N) is 4. The van der Waals surface area contributed by atoms with Gasteiger partial charge < -0.3 is 20.9 Å². The highest BCUT2D eigenvalue weighted by molar-refractivity contribution is 5.69. The van der Waals surface area contributed by atoms with E-state index >= 15 is 0 Å². The molecule has 0 saturated heterocycles. The molecular formula is C27H32N8O. The van der Waals surface area contributed by atoms with Crippen molar-refractivity contribution < 1.29 is 4.84 Å². The summed E-state index contributed by atoms with van der Waals surface area (Å²) in [4.78, 5) is 24.6. The van der Waals surface area contributed by atoms with Crippen molar-refractivity contribution in [2.45, 2.75) is 32.9 Å². The van der Waals surface area contributed by atoms with E-state index in [2.05, 4.69) is 80.0 Å². The van der Waals surface area contributed by atoms with Crippen LogP contribution in [0.2, 0.25) is 0 Å². The van der Waals surface area contributed by atoms with Gasteiger partial charge in [0.05, 0.1) is 25.3 Å². The van der Waals surface area contributed by atoms with Crippen LogP contribution in [0, 0.1) is 6.92 Å². The van der Waals surface area contributed by atoms with Crippen LogP contribution in [-0.4, -0.2) is 40.1 Å². The van der Waals surface area contributed by atoms with E-state index in [9.17, 15) is 0 Å². The SMILES string of the molecule is CONc1cnc(NCc2cccc(-c3cccc(CN)c3)c2C)nc1N1CCc2nc[nH]c2CC1. The summed E-state index contributed by atoms with van der Waals surface area (Å²) in [6, 6.07) is 14.8. The number of hydrogen-bond acceptors (Lipinski definition) is 8. The molecule has 0 saturated carbocycles. The molecule has 0 fully saturated rings. The average molecular weight is 485 g/mol. The number of fused-ring (bicyclic) bond motifs is 1. The molecule has 9 heteroatoms. The van der Waals surface area contributed by atoms with Gasteiger partial charge in [0.2, 0.25) is 5.95 Å². The molecule has 5 rings (SSSR count). The Labute approximate surface area is 211 Å². The maximum absolute atomic E-state index is 5.85. The molecule has 0 atom stereocenters. The minimum atomic E-state index is 0.529. The molecule has 186 valence electrons. The molecule has 0 bridgehead atoms. The second kappa shape index (κ2) is 10.8. The molecule has 3 heterocycles. The number of hydrogen-bond donors (Lipinski definition) is 4. The molecular weight excluding hydrogens is 452 g/mol. The number of H-pyrrole nitrogens is 1. The van der Waals surface area contributed by atoms with Crippen LogP contribution < -0.4 is 21.4 Å². The van der Waals surface area contributed by atoms with Gasteiger partial charge in [0.15, 0.2) is 5.82 Å². The van der Waals surface area contributed by atoms with E-state index in [1.807, 2.05) is 0 Å². The third-order valence-corrected chi connectivity index (χ3v) is 6.69. The van der Waals surface area contributed by atoms with Crippen molar-refractivity contribution in [3.05, 3.63) is 83.1 Å². The monoisotopic (exact) mass is 484 g/mol. The van der Waals surface area contributed by atoms with Gasteiger partial charge in [0.1, 0.15) is 5.69 Å². The Kier molecular flexibility index (Phi) is 7.11. The van der Waals surface area contributed by atoms with E-state index in [1.54, 1.807) is 19.6 Å². The van der Waals surface area contributed by atoms with Crippen LogP contribution in [0.25, 0.3) is 11.1 Å². The Hall–Kier alpha value is -3.95. The lowest BCUT2D eigenvalue weighted by molar-refractivity contribution is 0.271. The lowest BCUT2D eigenvalue weighted by Crippen LogP contribution is -2.28. The molecule has 0 amide bonds. The second-order valence-corrected chi connectivity index (χ2v) is 8.90. The first-order valence-corrected chi connectivity index (χ1v) is 12.2. The third-order valence-electron chi connectivity index (χ3n) is 6.69. The quantitative estimate of drug-likeness (QED) is 0.279. The van der Waals surface area contributed by atoms with Gasteiger partial charge in [-0.25, -0.2) is 9.97 Å². The van der Waals surface area contributed by atoms with Crippen LogP contribution >= 0.6 is 0 Å². The highest BCUT2D eigenvalue weighted by Crippen LogP contribution is 2.29. The van der Waals surface area contributed by atoms with Gasteiger partial charge in [-0.05, 0) is 40.8 Å². The van der Waals surface area contributed by atoms with Crippen molar-refractivity contribution in [1.82, 2.24) is 19.9 Å². The van der Waals surface area contributed by atoms with Gasteiger partial charge in [-0.15, -0.1) is 0 Å². The Morgan fingerprint density at radius 2 is 1.97 bits per heavy atom. The van der Waals surface area contributed by atoms with E-state index < -0.39 is 0 Å². The minimum Gasteiger partial charge on any atom is -0.354 e. The van der Waals surface area contributed by atoms with Crippen molar-refractivity contribution in [2.75, 3.05) is 35.9 Å². The van der Waals surface area contributed by atoms with Crippen molar-refractivity contribution in [3.63, 3.8) is 0 Å². The van der Waals surface area contributed by atoms with E-state index in [0.717, 1.165) is 48.7 Å². The molecule has 0 unspecified atom stereocenters. The van der Waals surface area contributed by atoms with Gasteiger partial charge in [-0.2, -0.15) is 4.98 Å². The summed E-state index contributed by atoms with van der Waals surface area (Å²) in [5, 5.41) is 3.42. The minimum absolute atomic E-state index is 0.529. The molecule has 2 aromatic heterocycles. The lowest BCUT2D eigenvalue weighted by Gasteiger charge is -2.24. The number of aromatic nitrogens is 4. The molecule has 1 aliphatic heterocycles. The average Bonchev–Trinajstić information content (AvgIpc) is 3.27. The van der Waals surface area contributed by atoms with E-state index in [0.29, 0.717) is 19.0 Å². The zero-order chi connectivity index (χ0) is 24.9. The van der Waals surface area contributed by atoms with E-state index in [1.165, 1.54) is 27.9 Å². The summed E-state index contributed by atoms with van der Waals surface area (Å²) in [7, 11) is 1.59. The first-order chi connectivity index (χ1) is 17.7. The zero-order valence-corrected chi connectivity index (χ0v) is 20.7. The highest BCUT2D eigenvalue weighted by atomic mass is 16.6. The van der Waals surface area contributed by atoms with Gasteiger partial charge in [-0.3, -0.25) is 10.3 Å². The number of rotatable bonds is 8. The predicted molar refractivity (Wildman–Crippen MR) is 143 cm³/mol. The van der Waals surface area contributed by atoms with Crippen molar-refractivity contribution in [1.29, 1.82) is 0 Å². The fraction of sp³-hybridized carbons (Fsp3) is 0.296. The number of aromatic amines is 1. The molecule has 5 N–H and O–H groups in total. The Morgan fingerprint density at radius 1 is 1.11 bits per heavy atom. The molecule has 4 aromatic rings. The van der Waals surface area contributed by atoms with Gasteiger partial charge >= 0.3 is 0 Å². The Balaban J connectivity index is 1.35. The maximum Gasteiger partial charge on any atom is 0.225 e. The van der Waals surface area contributed by atoms with E-state index in [-0.39, 0.29) is 0 Å². The first kappa shape index (κ1) is 23.8. The fourth-order valence-electron chi connectivity index (χ4n) is 4.70. The predicted octanol–water partition coefficient (Wildman–Crippen LogP) is 3.82. The van der Waals surface area contributed by atoms with Crippen LogP contribution in [0.5, 0.6) is 0 Å². The third kappa shape index (κ3) is 5.02. The Bertz CT molecular complexity index is 1310. The summed E-state index contributed by atoms with van der Waals surface area (Å²) in [5.74, 6) is 1.38. The number of anilines is 3. The van der Waals surface area contributed by atoms with Crippen molar-refractivity contribution >= 4 is 17.5 Å². The number of nitrogens with two attached hydrogens (primary N) is 1. The summed E-state index contributed by atoms with van der Waals surface area (Å²) in [6.07, 6.45) is 5.27. The number of nitrogens with one attached hydrogen (secondary N) is 3. The first-order valence-electron chi connectivity index (χ1n) is 12.2. The van der Waals surface area contributed by atoms with Crippen LogP contribution in [0.3, 0.4) is 0 Å². The van der Waals surface area contributed by atoms with Crippen LogP contribution in [0.4, 0.5) is 17.5 Å². The van der Waals surface area contributed by atoms with E-state index in [4.69, 9.17) is 15.6 Å². The molecule has 9 nitrogen and oxygen atoms in total.